The van der Waals surface area contributed by atoms with Gasteiger partial charge in [-0.25, -0.2) is 0 Å². The molecule has 0 fully saturated rings. The van der Waals surface area contributed by atoms with Gasteiger partial charge in [0.2, 0.25) is 0 Å². The van der Waals surface area contributed by atoms with Crippen LogP contribution in [0.1, 0.15) is 26.2 Å². The molecular weight excluding hydrogens is 176 g/mol. The van der Waals surface area contributed by atoms with Crippen molar-refractivity contribution in [3.05, 3.63) is 10.3 Å². The summed E-state index contributed by atoms with van der Waals surface area (Å²) in [5.74, 6) is 0. The zero-order valence-corrected chi connectivity index (χ0v) is 9.06. The Bertz CT molecular complexity index is 152. The number of hydrogen-bond donors (Lipinski definition) is 0. The molecule has 1 nitrogen and oxygen atoms in total. The Morgan fingerprint density at radius 1 is 1.64 bits per heavy atom. The van der Waals surface area contributed by atoms with Crippen molar-refractivity contribution < 1.29 is 4.21 Å². The Morgan fingerprint density at radius 3 is 2.64 bits per heavy atom. The molecule has 0 aromatic carbocycles. The lowest BCUT2D eigenvalue weighted by Gasteiger charge is -1.97. The van der Waals surface area contributed by atoms with Crippen molar-refractivity contribution in [2.45, 2.75) is 26.2 Å². The molecule has 0 N–H and O–H groups in total. The number of thioether (sulfide) groups is 1. The highest BCUT2D eigenvalue weighted by atomic mass is 32.2. The lowest BCUT2D eigenvalue weighted by Crippen LogP contribution is -1.86. The second kappa shape index (κ2) is 6.92. The highest BCUT2D eigenvalue weighted by Gasteiger charge is 1.97. The van der Waals surface area contributed by atoms with E-state index in [4.69, 9.17) is 0 Å². The summed E-state index contributed by atoms with van der Waals surface area (Å²) in [5, 5.41) is 0. The van der Waals surface area contributed by atoms with Crippen LogP contribution in [0.5, 0.6) is 0 Å². The molecule has 0 radical (unpaired) electrons. The summed E-state index contributed by atoms with van der Waals surface area (Å²) in [6.07, 6.45) is 9.25. The van der Waals surface area contributed by atoms with Crippen molar-refractivity contribution in [1.29, 1.82) is 0 Å². The molecule has 0 rings (SSSR count). The van der Waals surface area contributed by atoms with E-state index in [2.05, 4.69) is 13.0 Å². The number of unbranched alkanes of at least 4 members (excludes halogenated alkanes) is 2. The normalized spacial score (nSPS) is 15.0. The van der Waals surface area contributed by atoms with Crippen LogP contribution in [-0.2, 0) is 10.8 Å². The quantitative estimate of drug-likeness (QED) is 0.623. The monoisotopic (exact) mass is 192 g/mol. The van der Waals surface area contributed by atoms with E-state index < -0.39 is 10.8 Å². The summed E-state index contributed by atoms with van der Waals surface area (Å²) in [7, 11) is -0.783. The van der Waals surface area contributed by atoms with Crippen LogP contribution < -0.4 is 0 Å². The van der Waals surface area contributed by atoms with Gasteiger partial charge in [0.15, 0.2) is 0 Å². The van der Waals surface area contributed by atoms with Gasteiger partial charge in [-0.05, 0) is 12.7 Å². The van der Waals surface area contributed by atoms with Gasteiger partial charge >= 0.3 is 0 Å². The van der Waals surface area contributed by atoms with Gasteiger partial charge < -0.3 is 0 Å². The van der Waals surface area contributed by atoms with Gasteiger partial charge in [-0.3, -0.25) is 4.21 Å². The van der Waals surface area contributed by atoms with Crippen molar-refractivity contribution in [3.63, 3.8) is 0 Å². The molecule has 0 spiro atoms. The lowest BCUT2D eigenvalue weighted by molar-refractivity contribution is 0.691. The fourth-order valence-corrected chi connectivity index (χ4v) is 2.32. The van der Waals surface area contributed by atoms with Crippen LogP contribution in [0.3, 0.4) is 0 Å². The third-order valence-electron chi connectivity index (χ3n) is 1.35. The van der Waals surface area contributed by atoms with Crippen molar-refractivity contribution in [2.75, 3.05) is 12.5 Å². The highest BCUT2D eigenvalue weighted by molar-refractivity contribution is 8.15. The van der Waals surface area contributed by atoms with E-state index in [9.17, 15) is 4.21 Å². The topological polar surface area (TPSA) is 17.1 Å². The average molecular weight is 192 g/mol. The highest BCUT2D eigenvalue weighted by Crippen LogP contribution is 2.16. The van der Waals surface area contributed by atoms with E-state index in [1.165, 1.54) is 12.8 Å². The van der Waals surface area contributed by atoms with E-state index in [0.717, 1.165) is 10.7 Å². The van der Waals surface area contributed by atoms with E-state index in [0.29, 0.717) is 0 Å². The molecule has 1 unspecified atom stereocenters. The predicted octanol–water partition coefficient (Wildman–Crippen LogP) is 2.76. The fraction of sp³-hybridized carbons (Fsp3) is 0.750. The smallest absolute Gasteiger partial charge is 0.0670 e. The molecule has 0 saturated carbocycles. The SMILES string of the molecule is CCCC/C=C(\SC)S(C)=O. The number of allylic oxidation sites excluding steroid dienone is 1. The first kappa shape index (κ1) is 11.2. The van der Waals surface area contributed by atoms with E-state index in [-0.39, 0.29) is 0 Å². The molecule has 0 aromatic heterocycles. The molecular formula is C8H16OS2. The Morgan fingerprint density at radius 2 is 2.27 bits per heavy atom. The van der Waals surface area contributed by atoms with Crippen LogP contribution in [0.25, 0.3) is 0 Å². The molecule has 0 saturated heterocycles. The second-order valence-electron chi connectivity index (χ2n) is 2.32. The second-order valence-corrected chi connectivity index (χ2v) is 4.78. The van der Waals surface area contributed by atoms with Gasteiger partial charge in [0.1, 0.15) is 0 Å². The van der Waals surface area contributed by atoms with Crippen LogP contribution in [-0.4, -0.2) is 16.7 Å². The number of rotatable bonds is 5. The first-order chi connectivity index (χ1) is 5.22. The first-order valence-electron chi connectivity index (χ1n) is 3.80. The van der Waals surface area contributed by atoms with Crippen molar-refractivity contribution >= 4 is 22.6 Å². The lowest BCUT2D eigenvalue weighted by atomic mass is 10.2. The predicted molar refractivity (Wildman–Crippen MR) is 55.2 cm³/mol. The van der Waals surface area contributed by atoms with Crippen LogP contribution in [0.2, 0.25) is 0 Å². The molecule has 0 aliphatic heterocycles. The first-order valence-corrected chi connectivity index (χ1v) is 6.58. The summed E-state index contributed by atoms with van der Waals surface area (Å²) >= 11 is 1.59. The molecule has 11 heavy (non-hydrogen) atoms. The minimum absolute atomic E-state index is 0.783. The van der Waals surface area contributed by atoms with Gasteiger partial charge in [0, 0.05) is 6.26 Å². The van der Waals surface area contributed by atoms with Crippen LogP contribution >= 0.6 is 11.8 Å². The van der Waals surface area contributed by atoms with E-state index in [1.54, 1.807) is 18.0 Å². The summed E-state index contributed by atoms with van der Waals surface area (Å²) < 4.78 is 12.0. The standard InChI is InChI=1S/C8H16OS2/c1-4-5-6-7-8(10-2)11(3)9/h7H,4-6H2,1-3H3/b8-7+. The van der Waals surface area contributed by atoms with Crippen molar-refractivity contribution in [2.24, 2.45) is 0 Å². The van der Waals surface area contributed by atoms with Gasteiger partial charge in [0.05, 0.1) is 15.0 Å². The maximum atomic E-state index is 11.0. The van der Waals surface area contributed by atoms with Crippen molar-refractivity contribution in [3.8, 4) is 0 Å². The minimum atomic E-state index is -0.783. The van der Waals surface area contributed by atoms with E-state index >= 15 is 0 Å². The summed E-state index contributed by atoms with van der Waals surface area (Å²) in [6.45, 7) is 2.16. The summed E-state index contributed by atoms with van der Waals surface area (Å²) in [5.41, 5.74) is 0. The third kappa shape index (κ3) is 5.50. The van der Waals surface area contributed by atoms with Gasteiger partial charge in [-0.2, -0.15) is 0 Å². The Balaban J connectivity index is 3.81. The van der Waals surface area contributed by atoms with Crippen LogP contribution in [0.15, 0.2) is 10.3 Å². The molecule has 0 aliphatic carbocycles. The maximum absolute atomic E-state index is 11.0. The zero-order valence-electron chi connectivity index (χ0n) is 7.42. The molecule has 3 heteroatoms. The molecule has 0 heterocycles. The Kier molecular flexibility index (Phi) is 7.07. The van der Waals surface area contributed by atoms with Gasteiger partial charge in [0.25, 0.3) is 0 Å². The molecule has 66 valence electrons. The molecule has 0 aliphatic rings. The maximum Gasteiger partial charge on any atom is 0.0670 e. The van der Waals surface area contributed by atoms with Crippen LogP contribution in [0, 0.1) is 0 Å². The van der Waals surface area contributed by atoms with E-state index in [1.807, 2.05) is 6.26 Å². The summed E-state index contributed by atoms with van der Waals surface area (Å²) in [4.78, 5) is 0. The van der Waals surface area contributed by atoms with Gasteiger partial charge in [-0.1, -0.05) is 25.8 Å². The zero-order chi connectivity index (χ0) is 8.69. The Labute approximate surface area is 76.1 Å². The van der Waals surface area contributed by atoms with Crippen LogP contribution in [0.4, 0.5) is 0 Å². The molecule has 0 amide bonds. The van der Waals surface area contributed by atoms with Crippen molar-refractivity contribution in [1.82, 2.24) is 0 Å². The number of hydrogen-bond acceptors (Lipinski definition) is 2. The van der Waals surface area contributed by atoms with Gasteiger partial charge in [-0.15, -0.1) is 11.8 Å². The molecule has 1 atom stereocenters. The average Bonchev–Trinajstić information content (AvgIpc) is 1.97. The Hall–Kier alpha value is 0.240. The molecule has 0 bridgehead atoms. The summed E-state index contributed by atoms with van der Waals surface area (Å²) in [6, 6.07) is 0. The third-order valence-corrected chi connectivity index (χ3v) is 3.86. The fourth-order valence-electron chi connectivity index (χ4n) is 0.742. The molecule has 0 aromatic rings. The largest absolute Gasteiger partial charge is 0.254 e. The minimum Gasteiger partial charge on any atom is -0.254 e.